The molecule has 1 aromatic rings. The van der Waals surface area contributed by atoms with Gasteiger partial charge in [-0.05, 0) is 11.6 Å². The summed E-state index contributed by atoms with van der Waals surface area (Å²) in [6, 6.07) is 4.83. The van der Waals surface area contributed by atoms with Crippen LogP contribution in [0, 0.1) is 0 Å². The van der Waals surface area contributed by atoms with Crippen LogP contribution < -0.4 is 5.32 Å². The van der Waals surface area contributed by atoms with Crippen LogP contribution in [0.25, 0.3) is 0 Å². The highest BCUT2D eigenvalue weighted by molar-refractivity contribution is 9.10. The molecule has 0 aliphatic heterocycles. The second kappa shape index (κ2) is 6.05. The lowest BCUT2D eigenvalue weighted by atomic mass is 10.1. The predicted molar refractivity (Wildman–Crippen MR) is 63.5 cm³/mol. The van der Waals surface area contributed by atoms with Crippen LogP contribution in [0.1, 0.15) is 5.56 Å². The Morgan fingerprint density at radius 1 is 1.32 bits per heavy atom. The minimum Gasteiger partial charge on any atom is -0.480 e. The lowest BCUT2D eigenvalue weighted by molar-refractivity contribution is -0.175. The molecule has 1 atom stereocenters. The Hall–Kier alpha value is -1.57. The number of carbonyl (C=O) groups is 2. The van der Waals surface area contributed by atoms with Gasteiger partial charge in [-0.25, -0.2) is 4.79 Å². The molecule has 0 aliphatic rings. The maximum Gasteiger partial charge on any atom is 0.471 e. The summed E-state index contributed by atoms with van der Waals surface area (Å²) in [4.78, 5) is 21.6. The third kappa shape index (κ3) is 4.55. The van der Waals surface area contributed by atoms with Crippen LogP contribution in [-0.4, -0.2) is 29.2 Å². The average Bonchev–Trinajstić information content (AvgIpc) is 2.29. The molecular formula is C11H9BrF3NO3. The van der Waals surface area contributed by atoms with Gasteiger partial charge < -0.3 is 10.4 Å². The molecule has 8 heteroatoms. The summed E-state index contributed by atoms with van der Waals surface area (Å²) in [6.45, 7) is 0. The predicted octanol–water partition coefficient (Wildman–Crippen LogP) is 2.12. The number of benzene rings is 1. The third-order valence-corrected chi connectivity index (χ3v) is 3.02. The van der Waals surface area contributed by atoms with E-state index in [2.05, 4.69) is 15.9 Å². The number of aliphatic carboxylic acids is 1. The Morgan fingerprint density at radius 2 is 1.89 bits per heavy atom. The Bertz CT molecular complexity index is 490. The van der Waals surface area contributed by atoms with Crippen molar-refractivity contribution in [1.29, 1.82) is 0 Å². The van der Waals surface area contributed by atoms with E-state index in [9.17, 15) is 22.8 Å². The van der Waals surface area contributed by atoms with Crippen LogP contribution in [0.5, 0.6) is 0 Å². The van der Waals surface area contributed by atoms with E-state index in [4.69, 9.17) is 5.11 Å². The lowest BCUT2D eigenvalue weighted by Crippen LogP contribution is -2.47. The second-order valence-electron chi connectivity index (χ2n) is 3.66. The first-order valence-corrected chi connectivity index (χ1v) is 5.85. The fraction of sp³-hybridized carbons (Fsp3) is 0.273. The van der Waals surface area contributed by atoms with Crippen LogP contribution in [-0.2, 0) is 16.0 Å². The largest absolute Gasteiger partial charge is 0.480 e. The highest BCUT2D eigenvalue weighted by Gasteiger charge is 2.40. The monoisotopic (exact) mass is 339 g/mol. The zero-order chi connectivity index (χ0) is 14.6. The highest BCUT2D eigenvalue weighted by atomic mass is 79.9. The number of carbonyl (C=O) groups excluding carboxylic acids is 1. The molecule has 1 rings (SSSR count). The van der Waals surface area contributed by atoms with Gasteiger partial charge in [-0.3, -0.25) is 4.79 Å². The van der Waals surface area contributed by atoms with Gasteiger partial charge in [-0.1, -0.05) is 34.1 Å². The molecule has 1 amide bonds. The number of rotatable bonds is 4. The summed E-state index contributed by atoms with van der Waals surface area (Å²) < 4.78 is 36.8. The Kier molecular flexibility index (Phi) is 4.93. The third-order valence-electron chi connectivity index (χ3n) is 2.24. The van der Waals surface area contributed by atoms with E-state index in [-0.39, 0.29) is 6.42 Å². The van der Waals surface area contributed by atoms with Crippen LogP contribution in [0.3, 0.4) is 0 Å². The number of amides is 1. The lowest BCUT2D eigenvalue weighted by Gasteiger charge is -2.16. The smallest absolute Gasteiger partial charge is 0.471 e. The zero-order valence-corrected chi connectivity index (χ0v) is 11.0. The van der Waals surface area contributed by atoms with E-state index in [1.165, 1.54) is 5.32 Å². The number of carboxylic acid groups (broad SMARTS) is 1. The fourth-order valence-corrected chi connectivity index (χ4v) is 1.77. The number of alkyl halides is 3. The van der Waals surface area contributed by atoms with Gasteiger partial charge in [0.2, 0.25) is 0 Å². The van der Waals surface area contributed by atoms with Gasteiger partial charge in [-0.2, -0.15) is 13.2 Å². The van der Waals surface area contributed by atoms with Crippen molar-refractivity contribution in [3.8, 4) is 0 Å². The number of halogens is 4. The first-order valence-electron chi connectivity index (χ1n) is 5.05. The van der Waals surface area contributed by atoms with Crippen molar-refractivity contribution in [2.24, 2.45) is 0 Å². The SMILES string of the molecule is O=C(O)C(Cc1ccccc1Br)NC(=O)C(F)(F)F. The van der Waals surface area contributed by atoms with Crippen LogP contribution >= 0.6 is 15.9 Å². The van der Waals surface area contributed by atoms with E-state index in [1.54, 1.807) is 24.3 Å². The summed E-state index contributed by atoms with van der Waals surface area (Å²) in [5.41, 5.74) is 0.484. The van der Waals surface area contributed by atoms with Crippen molar-refractivity contribution in [1.82, 2.24) is 5.32 Å². The number of hydrogen-bond acceptors (Lipinski definition) is 2. The molecule has 0 fully saturated rings. The van der Waals surface area contributed by atoms with E-state index >= 15 is 0 Å². The fourth-order valence-electron chi connectivity index (χ4n) is 1.32. The van der Waals surface area contributed by atoms with Gasteiger partial charge in [0.15, 0.2) is 0 Å². The quantitative estimate of drug-likeness (QED) is 0.883. The average molecular weight is 340 g/mol. The van der Waals surface area contributed by atoms with Gasteiger partial charge in [0.1, 0.15) is 6.04 Å². The van der Waals surface area contributed by atoms with Crippen molar-refractivity contribution in [3.63, 3.8) is 0 Å². The molecule has 1 unspecified atom stereocenters. The Morgan fingerprint density at radius 3 is 2.37 bits per heavy atom. The minimum atomic E-state index is -5.11. The van der Waals surface area contributed by atoms with Crippen molar-refractivity contribution in [2.45, 2.75) is 18.6 Å². The van der Waals surface area contributed by atoms with Crippen LogP contribution in [0.15, 0.2) is 28.7 Å². The summed E-state index contributed by atoms with van der Waals surface area (Å²) in [5.74, 6) is -3.81. The first kappa shape index (κ1) is 15.5. The molecule has 0 bridgehead atoms. The highest BCUT2D eigenvalue weighted by Crippen LogP contribution is 2.19. The second-order valence-corrected chi connectivity index (χ2v) is 4.51. The number of carboxylic acids is 1. The van der Waals surface area contributed by atoms with E-state index in [1.807, 2.05) is 0 Å². The van der Waals surface area contributed by atoms with E-state index in [0.717, 1.165) is 0 Å². The maximum absolute atomic E-state index is 12.1. The normalized spacial score (nSPS) is 12.8. The zero-order valence-electron chi connectivity index (χ0n) is 9.37. The Labute approximate surface area is 114 Å². The van der Waals surface area contributed by atoms with Gasteiger partial charge in [0, 0.05) is 10.9 Å². The molecule has 19 heavy (non-hydrogen) atoms. The summed E-state index contributed by atoms with van der Waals surface area (Å²) in [7, 11) is 0. The number of nitrogens with one attached hydrogen (secondary N) is 1. The first-order chi connectivity index (χ1) is 8.71. The molecule has 0 heterocycles. The van der Waals surface area contributed by atoms with Crippen molar-refractivity contribution < 1.29 is 27.9 Å². The molecule has 0 radical (unpaired) electrons. The number of hydrogen-bond donors (Lipinski definition) is 2. The molecule has 4 nitrogen and oxygen atoms in total. The molecule has 2 N–H and O–H groups in total. The van der Waals surface area contributed by atoms with Crippen molar-refractivity contribution in [3.05, 3.63) is 34.3 Å². The molecule has 0 aromatic heterocycles. The summed E-state index contributed by atoms with van der Waals surface area (Å²) >= 11 is 3.15. The van der Waals surface area contributed by atoms with Gasteiger partial charge in [0.05, 0.1) is 0 Å². The summed E-state index contributed by atoms with van der Waals surface area (Å²) in [6.07, 6.45) is -5.36. The van der Waals surface area contributed by atoms with Crippen molar-refractivity contribution >= 4 is 27.8 Å². The molecule has 0 spiro atoms. The van der Waals surface area contributed by atoms with E-state index in [0.29, 0.717) is 10.0 Å². The van der Waals surface area contributed by atoms with Gasteiger partial charge in [0.25, 0.3) is 0 Å². The van der Waals surface area contributed by atoms with Gasteiger partial charge in [-0.15, -0.1) is 0 Å². The molecule has 104 valence electrons. The minimum absolute atomic E-state index is 0.251. The maximum atomic E-state index is 12.1. The molecule has 0 saturated carbocycles. The summed E-state index contributed by atoms with van der Waals surface area (Å²) in [5, 5.41) is 10.3. The van der Waals surface area contributed by atoms with Crippen LogP contribution in [0.4, 0.5) is 13.2 Å². The molecular weight excluding hydrogens is 331 g/mol. The topological polar surface area (TPSA) is 66.4 Å². The molecule has 1 aromatic carbocycles. The van der Waals surface area contributed by atoms with Crippen molar-refractivity contribution in [2.75, 3.05) is 0 Å². The van der Waals surface area contributed by atoms with E-state index < -0.39 is 24.1 Å². The standard InChI is InChI=1S/C11H9BrF3NO3/c12-7-4-2-1-3-6(7)5-8(9(17)18)16-10(19)11(13,14)15/h1-4,8H,5H2,(H,16,19)(H,17,18). The molecule has 0 aliphatic carbocycles. The molecule has 0 saturated heterocycles. The van der Waals surface area contributed by atoms with Gasteiger partial charge >= 0.3 is 18.1 Å². The van der Waals surface area contributed by atoms with Crippen LogP contribution in [0.2, 0.25) is 0 Å². The Balaban J connectivity index is 2.83.